The van der Waals surface area contributed by atoms with E-state index in [1.165, 1.54) is 11.3 Å². The van der Waals surface area contributed by atoms with Crippen LogP contribution in [0.2, 0.25) is 0 Å². The van der Waals surface area contributed by atoms with E-state index in [9.17, 15) is 8.42 Å². The first-order chi connectivity index (χ1) is 9.96. The molecule has 2 rings (SSSR count). The van der Waals surface area contributed by atoms with Crippen molar-refractivity contribution >= 4 is 27.0 Å². The Morgan fingerprint density at radius 1 is 1.38 bits per heavy atom. The minimum Gasteiger partial charge on any atom is -0.492 e. The molecule has 0 fully saturated rings. The van der Waals surface area contributed by atoms with Crippen molar-refractivity contribution in [2.45, 2.75) is 13.0 Å². The van der Waals surface area contributed by atoms with E-state index in [1.54, 1.807) is 24.3 Å². The fourth-order valence-corrected chi connectivity index (χ4v) is 3.64. The summed E-state index contributed by atoms with van der Waals surface area (Å²) in [6.07, 6.45) is 0. The monoisotopic (exact) mass is 326 g/mol. The van der Waals surface area contributed by atoms with Crippen LogP contribution in [-0.4, -0.2) is 20.8 Å². The van der Waals surface area contributed by atoms with Crippen LogP contribution in [0.4, 0.5) is 5.69 Å². The number of anilines is 1. The molecule has 0 spiro atoms. The van der Waals surface area contributed by atoms with Gasteiger partial charge in [-0.3, -0.25) is 0 Å². The van der Waals surface area contributed by atoms with Gasteiger partial charge in [-0.05, 0) is 41.4 Å². The van der Waals surface area contributed by atoms with Crippen molar-refractivity contribution in [3.8, 4) is 5.75 Å². The molecule has 1 aromatic heterocycles. The summed E-state index contributed by atoms with van der Waals surface area (Å²) in [5.74, 6) is 0.465. The zero-order valence-corrected chi connectivity index (χ0v) is 13.3. The molecule has 1 heterocycles. The van der Waals surface area contributed by atoms with Crippen LogP contribution in [0.25, 0.3) is 0 Å². The van der Waals surface area contributed by atoms with Crippen LogP contribution in [0.1, 0.15) is 18.5 Å². The van der Waals surface area contributed by atoms with E-state index >= 15 is 0 Å². The van der Waals surface area contributed by atoms with Crippen LogP contribution >= 0.6 is 11.3 Å². The lowest BCUT2D eigenvalue weighted by molar-refractivity contribution is 0.340. The van der Waals surface area contributed by atoms with Crippen molar-refractivity contribution in [3.05, 3.63) is 46.7 Å². The Morgan fingerprint density at radius 2 is 2.19 bits per heavy atom. The first-order valence-electron chi connectivity index (χ1n) is 6.47. The first-order valence-corrected chi connectivity index (χ1v) is 9.06. The molecular formula is C14H18N2O3S2. The number of nitrogens with one attached hydrogen (secondary N) is 1. The highest BCUT2D eigenvalue weighted by atomic mass is 32.2. The second kappa shape index (κ2) is 6.93. The number of rotatable bonds is 7. The summed E-state index contributed by atoms with van der Waals surface area (Å²) < 4.78 is 32.0. The zero-order chi connectivity index (χ0) is 15.3. The van der Waals surface area contributed by atoms with Gasteiger partial charge in [-0.2, -0.15) is 11.3 Å². The standard InChI is InChI=1S/C14H18N2O3S2/c1-11(12-5-7-20-10-12)16-21(17,18)8-6-19-14-4-2-3-13(15)9-14/h2-5,7,9-11,16H,6,8,15H2,1H3. The lowest BCUT2D eigenvalue weighted by Crippen LogP contribution is -2.31. The van der Waals surface area contributed by atoms with Crippen molar-refractivity contribution in [1.29, 1.82) is 0 Å². The summed E-state index contributed by atoms with van der Waals surface area (Å²) in [6, 6.07) is 8.57. The molecule has 0 saturated carbocycles. The van der Waals surface area contributed by atoms with Crippen molar-refractivity contribution in [2.75, 3.05) is 18.1 Å². The number of ether oxygens (including phenoxy) is 1. The van der Waals surface area contributed by atoms with E-state index in [1.807, 2.05) is 23.8 Å². The number of hydrogen-bond donors (Lipinski definition) is 2. The maximum Gasteiger partial charge on any atom is 0.215 e. The van der Waals surface area contributed by atoms with Gasteiger partial charge < -0.3 is 10.5 Å². The number of sulfonamides is 1. The Morgan fingerprint density at radius 3 is 2.86 bits per heavy atom. The van der Waals surface area contributed by atoms with Gasteiger partial charge in [0.25, 0.3) is 0 Å². The zero-order valence-electron chi connectivity index (χ0n) is 11.7. The summed E-state index contributed by atoms with van der Waals surface area (Å²) in [6.45, 7) is 1.90. The predicted molar refractivity (Wildman–Crippen MR) is 86.0 cm³/mol. The van der Waals surface area contributed by atoms with E-state index in [0.717, 1.165) is 5.56 Å². The quantitative estimate of drug-likeness (QED) is 0.766. The Balaban J connectivity index is 1.84. The van der Waals surface area contributed by atoms with Gasteiger partial charge in [0.1, 0.15) is 12.4 Å². The third-order valence-electron chi connectivity index (χ3n) is 2.88. The van der Waals surface area contributed by atoms with Gasteiger partial charge in [0.2, 0.25) is 10.0 Å². The van der Waals surface area contributed by atoms with Crippen LogP contribution in [0.3, 0.4) is 0 Å². The molecule has 0 aliphatic rings. The maximum absolute atomic E-state index is 12.0. The molecule has 5 nitrogen and oxygen atoms in total. The van der Waals surface area contributed by atoms with Crippen molar-refractivity contribution in [1.82, 2.24) is 4.72 Å². The Labute approximate surface area is 128 Å². The van der Waals surface area contributed by atoms with Gasteiger partial charge in [-0.25, -0.2) is 13.1 Å². The largest absolute Gasteiger partial charge is 0.492 e. The summed E-state index contributed by atoms with van der Waals surface area (Å²) in [4.78, 5) is 0. The van der Waals surface area contributed by atoms with Crippen molar-refractivity contribution in [2.24, 2.45) is 0 Å². The van der Waals surface area contributed by atoms with Crippen LogP contribution in [0.15, 0.2) is 41.1 Å². The highest BCUT2D eigenvalue weighted by Gasteiger charge is 2.16. The SMILES string of the molecule is CC(NS(=O)(=O)CCOc1cccc(N)c1)c1ccsc1. The number of nitrogen functional groups attached to an aromatic ring is 1. The molecular weight excluding hydrogens is 308 g/mol. The summed E-state index contributed by atoms with van der Waals surface area (Å²) in [5, 5.41) is 3.85. The molecule has 0 aliphatic heterocycles. The van der Waals surface area contributed by atoms with Crippen LogP contribution < -0.4 is 15.2 Å². The number of benzene rings is 1. The van der Waals surface area contributed by atoms with Gasteiger partial charge in [0, 0.05) is 17.8 Å². The molecule has 0 aliphatic carbocycles. The van der Waals surface area contributed by atoms with Gasteiger partial charge >= 0.3 is 0 Å². The lowest BCUT2D eigenvalue weighted by Gasteiger charge is -2.13. The average Bonchev–Trinajstić information content (AvgIpc) is 2.92. The molecule has 0 bridgehead atoms. The summed E-state index contributed by atoms with van der Waals surface area (Å²) in [5.41, 5.74) is 7.17. The Hall–Kier alpha value is -1.57. The molecule has 114 valence electrons. The van der Waals surface area contributed by atoms with E-state index in [-0.39, 0.29) is 18.4 Å². The van der Waals surface area contributed by atoms with Gasteiger partial charge in [0.05, 0.1) is 5.75 Å². The first kappa shape index (κ1) is 15.8. The molecule has 0 amide bonds. The average molecular weight is 326 g/mol. The van der Waals surface area contributed by atoms with E-state index in [4.69, 9.17) is 10.5 Å². The fourth-order valence-electron chi connectivity index (χ4n) is 1.79. The highest BCUT2D eigenvalue weighted by molar-refractivity contribution is 7.89. The summed E-state index contributed by atoms with van der Waals surface area (Å²) in [7, 11) is -3.39. The van der Waals surface area contributed by atoms with Gasteiger partial charge in [-0.1, -0.05) is 6.07 Å². The Bertz CT molecular complexity index is 669. The number of nitrogens with two attached hydrogens (primary N) is 1. The normalized spacial score (nSPS) is 13.0. The lowest BCUT2D eigenvalue weighted by atomic mass is 10.2. The predicted octanol–water partition coefficient (Wildman–Crippen LogP) is 2.39. The van der Waals surface area contributed by atoms with Crippen LogP contribution in [0, 0.1) is 0 Å². The molecule has 1 aromatic carbocycles. The third kappa shape index (κ3) is 5.04. The molecule has 7 heteroatoms. The van der Waals surface area contributed by atoms with Crippen LogP contribution in [-0.2, 0) is 10.0 Å². The molecule has 3 N–H and O–H groups in total. The van der Waals surface area contributed by atoms with Crippen molar-refractivity contribution in [3.63, 3.8) is 0 Å². The molecule has 1 atom stereocenters. The smallest absolute Gasteiger partial charge is 0.215 e. The second-order valence-corrected chi connectivity index (χ2v) is 7.29. The minimum absolute atomic E-state index is 0.0785. The molecule has 0 saturated heterocycles. The second-order valence-electron chi connectivity index (χ2n) is 4.64. The molecule has 21 heavy (non-hydrogen) atoms. The van der Waals surface area contributed by atoms with Crippen LogP contribution in [0.5, 0.6) is 5.75 Å². The maximum atomic E-state index is 12.0. The molecule has 2 aromatic rings. The van der Waals surface area contributed by atoms with E-state index < -0.39 is 10.0 Å². The van der Waals surface area contributed by atoms with Crippen molar-refractivity contribution < 1.29 is 13.2 Å². The number of thiophene rings is 1. The number of hydrogen-bond acceptors (Lipinski definition) is 5. The van der Waals surface area contributed by atoms with E-state index in [0.29, 0.717) is 11.4 Å². The van der Waals surface area contributed by atoms with Gasteiger partial charge in [-0.15, -0.1) is 0 Å². The fraction of sp³-hybridized carbons (Fsp3) is 0.286. The summed E-state index contributed by atoms with van der Waals surface area (Å²) >= 11 is 1.54. The third-order valence-corrected chi connectivity index (χ3v) is 5.00. The van der Waals surface area contributed by atoms with E-state index in [2.05, 4.69) is 4.72 Å². The highest BCUT2D eigenvalue weighted by Crippen LogP contribution is 2.17. The topological polar surface area (TPSA) is 81.4 Å². The minimum atomic E-state index is -3.39. The molecule has 1 unspecified atom stereocenters. The Kier molecular flexibility index (Phi) is 5.22. The van der Waals surface area contributed by atoms with Gasteiger partial charge in [0.15, 0.2) is 0 Å². The molecule has 0 radical (unpaired) electrons.